The Labute approximate surface area is 144 Å². The van der Waals surface area contributed by atoms with Crippen LogP contribution in [-0.4, -0.2) is 5.78 Å². The van der Waals surface area contributed by atoms with Gasteiger partial charge in [0, 0.05) is 16.8 Å². The van der Waals surface area contributed by atoms with Gasteiger partial charge < -0.3 is 10.1 Å². The molecule has 0 fully saturated rings. The average molecular weight is 330 g/mol. The normalized spacial score (nSPS) is 12.4. The molecule has 3 aromatic rings. The van der Waals surface area contributed by atoms with E-state index in [-0.39, 0.29) is 5.78 Å². The maximum absolute atomic E-state index is 12.7. The lowest BCUT2D eigenvalue weighted by atomic mass is 9.98. The Kier molecular flexibility index (Phi) is 3.74. The van der Waals surface area contributed by atoms with Crippen LogP contribution in [0, 0.1) is 4.91 Å². The minimum absolute atomic E-state index is 0.0513. The molecule has 1 N–H and O–H groups in total. The summed E-state index contributed by atoms with van der Waals surface area (Å²) < 4.78 is 5.78. The molecule has 1 heterocycles. The average Bonchev–Trinajstić information content (AvgIpc) is 2.79. The van der Waals surface area contributed by atoms with E-state index in [1.807, 2.05) is 30.3 Å². The summed E-state index contributed by atoms with van der Waals surface area (Å²) in [4.78, 5) is 23.7. The summed E-state index contributed by atoms with van der Waals surface area (Å²) in [6.45, 7) is 0.307. The van der Waals surface area contributed by atoms with Gasteiger partial charge in [0.15, 0.2) is 5.78 Å². The smallest absolute Gasteiger partial charge is 0.197 e. The van der Waals surface area contributed by atoms with Crippen molar-refractivity contribution in [2.45, 2.75) is 6.61 Å². The highest BCUT2D eigenvalue weighted by Gasteiger charge is 2.22. The first-order chi connectivity index (χ1) is 12.3. The van der Waals surface area contributed by atoms with Crippen LogP contribution < -0.4 is 10.1 Å². The minimum Gasteiger partial charge on any atom is -0.488 e. The van der Waals surface area contributed by atoms with Gasteiger partial charge in [-0.15, -0.1) is 4.91 Å². The van der Waals surface area contributed by atoms with Crippen LogP contribution in [0.25, 0.3) is 0 Å². The van der Waals surface area contributed by atoms with Gasteiger partial charge >= 0.3 is 0 Å². The van der Waals surface area contributed by atoms with E-state index in [1.165, 1.54) is 0 Å². The molecule has 0 unspecified atom stereocenters. The van der Waals surface area contributed by atoms with E-state index in [0.717, 1.165) is 11.3 Å². The Morgan fingerprint density at radius 2 is 1.72 bits per heavy atom. The molecule has 122 valence electrons. The van der Waals surface area contributed by atoms with Crippen molar-refractivity contribution in [1.82, 2.24) is 0 Å². The van der Waals surface area contributed by atoms with Crippen molar-refractivity contribution in [2.75, 3.05) is 5.32 Å². The second-order valence-corrected chi connectivity index (χ2v) is 5.72. The van der Waals surface area contributed by atoms with Gasteiger partial charge in [0.1, 0.15) is 18.0 Å². The lowest BCUT2D eigenvalue weighted by Gasteiger charge is -2.11. The van der Waals surface area contributed by atoms with E-state index in [9.17, 15) is 9.70 Å². The predicted molar refractivity (Wildman–Crippen MR) is 95.8 cm³/mol. The van der Waals surface area contributed by atoms with E-state index in [2.05, 4.69) is 10.5 Å². The maximum Gasteiger partial charge on any atom is 0.197 e. The highest BCUT2D eigenvalue weighted by molar-refractivity contribution is 6.12. The second-order valence-electron chi connectivity index (χ2n) is 5.72. The lowest BCUT2D eigenvalue weighted by molar-refractivity contribution is 0.103. The quantitative estimate of drug-likeness (QED) is 0.690. The van der Waals surface area contributed by atoms with E-state index in [1.54, 1.807) is 36.4 Å². The molecule has 0 bridgehead atoms. The number of nitrogens with zero attached hydrogens (tertiary/aromatic N) is 1. The SMILES string of the molecule is O=Nc1ccccc1Nc1ccc2c(c1)COc1ccccc1C2=O. The van der Waals surface area contributed by atoms with Crippen molar-refractivity contribution in [2.24, 2.45) is 5.18 Å². The molecule has 0 atom stereocenters. The molecule has 1 aliphatic heterocycles. The first-order valence-corrected chi connectivity index (χ1v) is 7.85. The highest BCUT2D eigenvalue weighted by atomic mass is 16.5. The van der Waals surface area contributed by atoms with Crippen LogP contribution in [0.4, 0.5) is 17.1 Å². The molecule has 0 radical (unpaired) electrons. The zero-order chi connectivity index (χ0) is 17.2. The number of anilines is 2. The molecule has 0 aliphatic carbocycles. The summed E-state index contributed by atoms with van der Waals surface area (Å²) in [6.07, 6.45) is 0. The third-order valence-corrected chi connectivity index (χ3v) is 4.15. The summed E-state index contributed by atoms with van der Waals surface area (Å²) in [5.41, 5.74) is 3.69. The zero-order valence-corrected chi connectivity index (χ0v) is 13.2. The molecule has 0 saturated carbocycles. The van der Waals surface area contributed by atoms with Gasteiger partial charge in [-0.3, -0.25) is 4.79 Å². The molecule has 1 aliphatic rings. The molecule has 25 heavy (non-hydrogen) atoms. The zero-order valence-electron chi connectivity index (χ0n) is 13.2. The van der Waals surface area contributed by atoms with Crippen molar-refractivity contribution >= 4 is 22.8 Å². The summed E-state index contributed by atoms with van der Waals surface area (Å²) in [5, 5.41) is 6.19. The molecular formula is C20H14N2O3. The highest BCUT2D eigenvalue weighted by Crippen LogP contribution is 2.32. The van der Waals surface area contributed by atoms with Crippen LogP contribution in [0.5, 0.6) is 5.75 Å². The number of hydrogen-bond donors (Lipinski definition) is 1. The molecule has 0 aromatic heterocycles. The Morgan fingerprint density at radius 1 is 0.920 bits per heavy atom. The van der Waals surface area contributed by atoms with Gasteiger partial charge in [-0.25, -0.2) is 0 Å². The number of carbonyl (C=O) groups excluding carboxylic acids is 1. The predicted octanol–water partition coefficient (Wildman–Crippen LogP) is 4.95. The number of nitroso groups, excluding NO2 is 1. The van der Waals surface area contributed by atoms with Crippen molar-refractivity contribution in [3.63, 3.8) is 0 Å². The first-order valence-electron chi connectivity index (χ1n) is 7.85. The third-order valence-electron chi connectivity index (χ3n) is 4.15. The number of ketones is 1. The molecule has 4 rings (SSSR count). The maximum atomic E-state index is 12.7. The van der Waals surface area contributed by atoms with Crippen LogP contribution in [0.3, 0.4) is 0 Å². The molecule has 5 nitrogen and oxygen atoms in total. The molecule has 0 amide bonds. The number of hydrogen-bond acceptors (Lipinski definition) is 5. The first kappa shape index (κ1) is 15.1. The number of carbonyl (C=O) groups is 1. The minimum atomic E-state index is -0.0513. The fourth-order valence-electron chi connectivity index (χ4n) is 2.91. The van der Waals surface area contributed by atoms with Crippen molar-refractivity contribution < 1.29 is 9.53 Å². The summed E-state index contributed by atoms with van der Waals surface area (Å²) >= 11 is 0. The van der Waals surface area contributed by atoms with Gasteiger partial charge in [-0.1, -0.05) is 24.3 Å². The van der Waals surface area contributed by atoms with Crippen LogP contribution in [0.15, 0.2) is 71.9 Å². The van der Waals surface area contributed by atoms with E-state index < -0.39 is 0 Å². The molecule has 0 saturated heterocycles. The fourth-order valence-corrected chi connectivity index (χ4v) is 2.91. The van der Waals surface area contributed by atoms with E-state index in [4.69, 9.17) is 4.74 Å². The topological polar surface area (TPSA) is 67.8 Å². The molecule has 5 heteroatoms. The van der Waals surface area contributed by atoms with Crippen LogP contribution in [-0.2, 0) is 6.61 Å². The number of benzene rings is 3. The summed E-state index contributed by atoms with van der Waals surface area (Å²) in [6, 6.07) is 19.7. The molecule has 0 spiro atoms. The number of para-hydroxylation sites is 2. The van der Waals surface area contributed by atoms with Crippen LogP contribution in [0.1, 0.15) is 21.5 Å². The molecular weight excluding hydrogens is 316 g/mol. The number of rotatable bonds is 3. The number of fused-ring (bicyclic) bond motifs is 2. The Bertz CT molecular complexity index is 982. The Balaban J connectivity index is 1.70. The van der Waals surface area contributed by atoms with Gasteiger partial charge in [-0.05, 0) is 47.6 Å². The monoisotopic (exact) mass is 330 g/mol. The fraction of sp³-hybridized carbons (Fsp3) is 0.0500. The third kappa shape index (κ3) is 2.76. The van der Waals surface area contributed by atoms with Crippen molar-refractivity contribution in [3.8, 4) is 5.75 Å². The Morgan fingerprint density at radius 3 is 2.60 bits per heavy atom. The van der Waals surface area contributed by atoms with Crippen molar-refractivity contribution in [1.29, 1.82) is 0 Å². The van der Waals surface area contributed by atoms with Gasteiger partial charge in [0.05, 0.1) is 11.3 Å². The van der Waals surface area contributed by atoms with Crippen LogP contribution >= 0.6 is 0 Å². The standard InChI is InChI=1S/C20H14N2O3/c23-20-15-10-9-14(21-17-6-2-3-7-18(17)22-24)11-13(15)12-25-19-8-4-1-5-16(19)20/h1-11,21H,12H2. The van der Waals surface area contributed by atoms with Gasteiger partial charge in [0.2, 0.25) is 0 Å². The van der Waals surface area contributed by atoms with Gasteiger partial charge in [-0.2, -0.15) is 0 Å². The lowest BCUT2D eigenvalue weighted by Crippen LogP contribution is -2.03. The Hall–Kier alpha value is -3.47. The van der Waals surface area contributed by atoms with Crippen LogP contribution in [0.2, 0.25) is 0 Å². The largest absolute Gasteiger partial charge is 0.488 e. The summed E-state index contributed by atoms with van der Waals surface area (Å²) in [7, 11) is 0. The summed E-state index contributed by atoms with van der Waals surface area (Å²) in [5.74, 6) is 0.540. The number of nitrogens with one attached hydrogen (secondary N) is 1. The van der Waals surface area contributed by atoms with Gasteiger partial charge in [0.25, 0.3) is 0 Å². The molecule has 3 aromatic carbocycles. The second kappa shape index (κ2) is 6.20. The number of ether oxygens (including phenoxy) is 1. The van der Waals surface area contributed by atoms with Crippen molar-refractivity contribution in [3.05, 3.63) is 88.3 Å². The van der Waals surface area contributed by atoms with E-state index >= 15 is 0 Å². The van der Waals surface area contributed by atoms with E-state index in [0.29, 0.717) is 34.9 Å².